The molecule has 0 saturated heterocycles. The third-order valence-electron chi connectivity index (χ3n) is 2.97. The maximum Gasteiger partial charge on any atom is 0.164 e. The van der Waals surface area contributed by atoms with E-state index in [1.165, 1.54) is 0 Å². The van der Waals surface area contributed by atoms with E-state index < -0.39 is 0 Å². The third-order valence-corrected chi connectivity index (χ3v) is 2.97. The lowest BCUT2D eigenvalue weighted by molar-refractivity contribution is 0.0964. The van der Waals surface area contributed by atoms with Gasteiger partial charge in [0.15, 0.2) is 5.78 Å². The molecule has 0 unspecified atom stereocenters. The van der Waals surface area contributed by atoms with Gasteiger partial charge in [-0.15, -0.1) is 0 Å². The summed E-state index contributed by atoms with van der Waals surface area (Å²) in [7, 11) is 0. The molecule has 0 heterocycles. The van der Waals surface area contributed by atoms with Crippen LogP contribution in [0.1, 0.15) is 43.5 Å². The molecule has 0 aliphatic rings. The molecule has 100 valence electrons. The Kier molecular flexibility index (Phi) is 6.44. The standard InChI is InChI=1S/C15H24N2O/c1-3-10-17(11-4-2)12-9-15(18)13-5-7-14(16)8-6-13/h5-8H,3-4,9-12,16H2,1-2H3. The number of carbonyl (C=O) groups excluding carboxylic acids is 1. The van der Waals surface area contributed by atoms with E-state index in [9.17, 15) is 4.79 Å². The summed E-state index contributed by atoms with van der Waals surface area (Å²) < 4.78 is 0. The Balaban J connectivity index is 2.46. The monoisotopic (exact) mass is 248 g/mol. The summed E-state index contributed by atoms with van der Waals surface area (Å²) in [5.41, 5.74) is 7.07. The van der Waals surface area contributed by atoms with Crippen LogP contribution >= 0.6 is 0 Å². The number of benzene rings is 1. The van der Waals surface area contributed by atoms with Gasteiger partial charge in [0, 0.05) is 24.2 Å². The summed E-state index contributed by atoms with van der Waals surface area (Å²) in [6, 6.07) is 7.18. The zero-order valence-electron chi connectivity index (χ0n) is 11.5. The van der Waals surface area contributed by atoms with Gasteiger partial charge in [-0.3, -0.25) is 4.79 Å². The number of hydrogen-bond donors (Lipinski definition) is 1. The Morgan fingerprint density at radius 3 is 2.11 bits per heavy atom. The average molecular weight is 248 g/mol. The molecular weight excluding hydrogens is 224 g/mol. The van der Waals surface area contributed by atoms with Crippen LogP contribution in [0.3, 0.4) is 0 Å². The fourth-order valence-electron chi connectivity index (χ4n) is 2.04. The maximum atomic E-state index is 12.0. The van der Waals surface area contributed by atoms with Gasteiger partial charge in [0.1, 0.15) is 0 Å². The van der Waals surface area contributed by atoms with Gasteiger partial charge in [0.25, 0.3) is 0 Å². The predicted octanol–water partition coefficient (Wildman–Crippen LogP) is 2.96. The molecule has 1 rings (SSSR count). The maximum absolute atomic E-state index is 12.0. The van der Waals surface area contributed by atoms with E-state index in [-0.39, 0.29) is 5.78 Å². The first-order chi connectivity index (χ1) is 8.67. The molecule has 2 N–H and O–H groups in total. The molecule has 1 aromatic carbocycles. The number of nitrogens with zero attached hydrogens (tertiary/aromatic N) is 1. The summed E-state index contributed by atoms with van der Waals surface area (Å²) in [4.78, 5) is 14.4. The van der Waals surface area contributed by atoms with Gasteiger partial charge >= 0.3 is 0 Å². The number of Topliss-reactive ketones (excluding diaryl/α,β-unsaturated/α-hetero) is 1. The van der Waals surface area contributed by atoms with Gasteiger partial charge in [-0.1, -0.05) is 13.8 Å². The summed E-state index contributed by atoms with van der Waals surface area (Å²) in [6.07, 6.45) is 2.86. The number of anilines is 1. The number of nitrogen functional groups attached to an aromatic ring is 1. The fourth-order valence-corrected chi connectivity index (χ4v) is 2.04. The smallest absolute Gasteiger partial charge is 0.164 e. The van der Waals surface area contributed by atoms with Crippen molar-refractivity contribution >= 4 is 11.5 Å². The summed E-state index contributed by atoms with van der Waals surface area (Å²) in [6.45, 7) is 7.34. The number of nitrogens with two attached hydrogens (primary N) is 1. The first kappa shape index (κ1) is 14.7. The second-order valence-corrected chi connectivity index (χ2v) is 4.64. The molecule has 1 aromatic rings. The third kappa shape index (κ3) is 4.88. The van der Waals surface area contributed by atoms with Crippen molar-refractivity contribution in [2.24, 2.45) is 0 Å². The lowest BCUT2D eigenvalue weighted by Crippen LogP contribution is -2.28. The SMILES string of the molecule is CCCN(CCC)CCC(=O)c1ccc(N)cc1. The normalized spacial score (nSPS) is 10.8. The van der Waals surface area contributed by atoms with Crippen molar-refractivity contribution in [1.29, 1.82) is 0 Å². The van der Waals surface area contributed by atoms with E-state index in [4.69, 9.17) is 5.73 Å². The van der Waals surface area contributed by atoms with Crippen molar-refractivity contribution < 1.29 is 4.79 Å². The average Bonchev–Trinajstić information content (AvgIpc) is 2.37. The van der Waals surface area contributed by atoms with Crippen LogP contribution in [-0.4, -0.2) is 30.3 Å². The van der Waals surface area contributed by atoms with Crippen LogP contribution in [0, 0.1) is 0 Å². The lowest BCUT2D eigenvalue weighted by atomic mass is 10.1. The van der Waals surface area contributed by atoms with Crippen molar-refractivity contribution in [3.05, 3.63) is 29.8 Å². The van der Waals surface area contributed by atoms with E-state index in [2.05, 4.69) is 18.7 Å². The molecule has 0 amide bonds. The molecule has 0 aromatic heterocycles. The van der Waals surface area contributed by atoms with Crippen LogP contribution in [0.5, 0.6) is 0 Å². The Morgan fingerprint density at radius 1 is 1.06 bits per heavy atom. The molecule has 0 atom stereocenters. The molecule has 0 aliphatic carbocycles. The molecule has 18 heavy (non-hydrogen) atoms. The quantitative estimate of drug-likeness (QED) is 0.568. The minimum atomic E-state index is 0.201. The van der Waals surface area contributed by atoms with Gasteiger partial charge in [0.2, 0.25) is 0 Å². The van der Waals surface area contributed by atoms with E-state index in [1.54, 1.807) is 12.1 Å². The highest BCUT2D eigenvalue weighted by Gasteiger charge is 2.08. The molecule has 0 bridgehead atoms. The van der Waals surface area contributed by atoms with Crippen molar-refractivity contribution in [1.82, 2.24) is 4.90 Å². The van der Waals surface area contributed by atoms with Crippen molar-refractivity contribution in [3.63, 3.8) is 0 Å². The molecule has 0 radical (unpaired) electrons. The van der Waals surface area contributed by atoms with E-state index in [0.717, 1.165) is 38.0 Å². The first-order valence-corrected chi connectivity index (χ1v) is 6.78. The van der Waals surface area contributed by atoms with Crippen LogP contribution in [0.4, 0.5) is 5.69 Å². The van der Waals surface area contributed by atoms with Crippen LogP contribution in [0.15, 0.2) is 24.3 Å². The zero-order valence-corrected chi connectivity index (χ0v) is 11.5. The molecule has 0 fully saturated rings. The molecule has 3 heteroatoms. The predicted molar refractivity (Wildman–Crippen MR) is 76.8 cm³/mol. The highest BCUT2D eigenvalue weighted by Crippen LogP contribution is 2.08. The van der Waals surface area contributed by atoms with Crippen LogP contribution < -0.4 is 5.73 Å². The second-order valence-electron chi connectivity index (χ2n) is 4.64. The highest BCUT2D eigenvalue weighted by molar-refractivity contribution is 5.96. The Labute approximate surface area is 110 Å². The first-order valence-electron chi connectivity index (χ1n) is 6.78. The number of ketones is 1. The Morgan fingerprint density at radius 2 is 1.61 bits per heavy atom. The molecular formula is C15H24N2O. The molecule has 3 nitrogen and oxygen atoms in total. The Hall–Kier alpha value is -1.35. The van der Waals surface area contributed by atoms with Gasteiger partial charge in [-0.25, -0.2) is 0 Å². The molecule has 0 saturated carbocycles. The minimum absolute atomic E-state index is 0.201. The largest absolute Gasteiger partial charge is 0.399 e. The topological polar surface area (TPSA) is 46.3 Å². The van der Waals surface area contributed by atoms with Gasteiger partial charge < -0.3 is 10.6 Å². The lowest BCUT2D eigenvalue weighted by Gasteiger charge is -2.20. The summed E-state index contributed by atoms with van der Waals surface area (Å²) in [5.74, 6) is 0.201. The summed E-state index contributed by atoms with van der Waals surface area (Å²) >= 11 is 0. The number of hydrogen-bond acceptors (Lipinski definition) is 3. The Bertz CT molecular complexity index is 353. The fraction of sp³-hybridized carbons (Fsp3) is 0.533. The number of carbonyl (C=O) groups is 1. The van der Waals surface area contributed by atoms with Crippen molar-refractivity contribution in [3.8, 4) is 0 Å². The highest BCUT2D eigenvalue weighted by atomic mass is 16.1. The zero-order chi connectivity index (χ0) is 13.4. The van der Waals surface area contributed by atoms with E-state index in [1.807, 2.05) is 12.1 Å². The van der Waals surface area contributed by atoms with Crippen LogP contribution in [0.2, 0.25) is 0 Å². The molecule has 0 aliphatic heterocycles. The van der Waals surface area contributed by atoms with Crippen molar-refractivity contribution in [2.45, 2.75) is 33.1 Å². The summed E-state index contributed by atoms with van der Waals surface area (Å²) in [5, 5.41) is 0. The minimum Gasteiger partial charge on any atom is -0.399 e. The van der Waals surface area contributed by atoms with Gasteiger partial charge in [0.05, 0.1) is 0 Å². The number of rotatable bonds is 8. The molecule has 0 spiro atoms. The van der Waals surface area contributed by atoms with Crippen LogP contribution in [0.25, 0.3) is 0 Å². The van der Waals surface area contributed by atoms with Crippen LogP contribution in [-0.2, 0) is 0 Å². The van der Waals surface area contributed by atoms with Gasteiger partial charge in [-0.05, 0) is 50.2 Å². The van der Waals surface area contributed by atoms with Gasteiger partial charge in [-0.2, -0.15) is 0 Å². The van der Waals surface area contributed by atoms with Crippen molar-refractivity contribution in [2.75, 3.05) is 25.4 Å². The van der Waals surface area contributed by atoms with E-state index in [0.29, 0.717) is 12.1 Å². The van der Waals surface area contributed by atoms with E-state index >= 15 is 0 Å². The second kappa shape index (κ2) is 7.88.